The summed E-state index contributed by atoms with van der Waals surface area (Å²) in [5.41, 5.74) is 8.51. The first-order chi connectivity index (χ1) is 28.7. The SMILES string of the molecule is C.N[C@H]1CCN(c2nccn3ccnc23)C1.O=C(NC1CCN(c2nccn3ccnc23)C1)c1ncn(-c2cccc(F)c2)n1.O=C(O)c1ncn(-c2cccc(F)c2)n1. The molecule has 60 heavy (non-hydrogen) atoms. The lowest BCUT2D eigenvalue weighted by Gasteiger charge is -2.18. The zero-order valence-corrected chi connectivity index (χ0v) is 31.1. The maximum Gasteiger partial charge on any atom is 0.375 e. The number of hydrogen-bond acceptors (Lipinski definition) is 13. The number of hydrogen-bond donors (Lipinski definition) is 3. The Kier molecular flexibility index (Phi) is 12.1. The third-order valence-corrected chi connectivity index (χ3v) is 9.46. The van der Waals surface area contributed by atoms with Crippen molar-refractivity contribution in [3.05, 3.63) is 134 Å². The van der Waals surface area contributed by atoms with E-state index < -0.39 is 11.8 Å². The Labute approximate surface area is 340 Å². The molecule has 2 saturated heterocycles. The van der Waals surface area contributed by atoms with Crippen LogP contribution in [0.5, 0.6) is 0 Å². The van der Waals surface area contributed by atoms with Crippen LogP contribution in [0.25, 0.3) is 22.7 Å². The van der Waals surface area contributed by atoms with Gasteiger partial charge < -0.3 is 34.8 Å². The molecule has 0 aliphatic carbocycles. The summed E-state index contributed by atoms with van der Waals surface area (Å²) in [7, 11) is 0. The average Bonchev–Trinajstić information content (AvgIpc) is 4.10. The number of carboxylic acids is 1. The van der Waals surface area contributed by atoms with Crippen LogP contribution in [-0.2, 0) is 0 Å². The molecule has 10 rings (SSSR count). The number of carbonyl (C=O) groups excluding carboxylic acids is 1. The van der Waals surface area contributed by atoms with E-state index >= 15 is 0 Å². The first-order valence-electron chi connectivity index (χ1n) is 18.4. The van der Waals surface area contributed by atoms with Gasteiger partial charge in [-0.15, -0.1) is 10.2 Å². The third kappa shape index (κ3) is 9.05. The summed E-state index contributed by atoms with van der Waals surface area (Å²) in [5.74, 6) is -0.918. The van der Waals surface area contributed by atoms with Crippen molar-refractivity contribution in [1.82, 2.24) is 63.6 Å². The minimum Gasteiger partial charge on any atom is -0.475 e. The Morgan fingerprint density at radius 2 is 1.18 bits per heavy atom. The highest BCUT2D eigenvalue weighted by molar-refractivity contribution is 5.90. The fourth-order valence-electron chi connectivity index (χ4n) is 6.64. The molecule has 1 unspecified atom stereocenters. The molecular weight excluding hydrogens is 779 g/mol. The average molecular weight is 819 g/mol. The molecule has 6 aromatic heterocycles. The molecule has 21 heteroatoms. The number of benzene rings is 2. The second-order valence-corrected chi connectivity index (χ2v) is 13.5. The van der Waals surface area contributed by atoms with Crippen LogP contribution in [0.4, 0.5) is 20.4 Å². The Morgan fingerprint density at radius 3 is 1.68 bits per heavy atom. The van der Waals surface area contributed by atoms with Crippen LogP contribution in [0.2, 0.25) is 0 Å². The van der Waals surface area contributed by atoms with E-state index in [4.69, 9.17) is 10.8 Å². The Balaban J connectivity index is 0.000000148. The summed E-state index contributed by atoms with van der Waals surface area (Å²) in [4.78, 5) is 52.5. The molecule has 19 nitrogen and oxygen atoms in total. The molecule has 0 spiro atoms. The summed E-state index contributed by atoms with van der Waals surface area (Å²) >= 11 is 0. The maximum absolute atomic E-state index is 13.4. The van der Waals surface area contributed by atoms with Crippen molar-refractivity contribution in [2.75, 3.05) is 36.0 Å². The van der Waals surface area contributed by atoms with Gasteiger partial charge in [0.05, 0.1) is 11.4 Å². The molecule has 0 bridgehead atoms. The van der Waals surface area contributed by atoms with E-state index in [9.17, 15) is 18.4 Å². The molecule has 8 heterocycles. The van der Waals surface area contributed by atoms with Crippen LogP contribution in [0.15, 0.2) is 111 Å². The number of amides is 1. The van der Waals surface area contributed by atoms with Gasteiger partial charge in [-0.05, 0) is 49.2 Å². The van der Waals surface area contributed by atoms with Crippen LogP contribution in [0.1, 0.15) is 41.5 Å². The lowest BCUT2D eigenvalue weighted by Crippen LogP contribution is -2.37. The Hall–Kier alpha value is -7.68. The summed E-state index contributed by atoms with van der Waals surface area (Å²) < 4.78 is 32.7. The van der Waals surface area contributed by atoms with Crippen molar-refractivity contribution in [2.24, 2.45) is 5.73 Å². The van der Waals surface area contributed by atoms with Crippen molar-refractivity contribution in [1.29, 1.82) is 0 Å². The first-order valence-corrected chi connectivity index (χ1v) is 18.4. The monoisotopic (exact) mass is 818 g/mol. The second-order valence-electron chi connectivity index (χ2n) is 13.5. The minimum atomic E-state index is -1.22. The largest absolute Gasteiger partial charge is 0.475 e. The second kappa shape index (κ2) is 17.9. The maximum atomic E-state index is 13.4. The van der Waals surface area contributed by atoms with Crippen LogP contribution in [0.3, 0.4) is 0 Å². The molecule has 2 aliphatic rings. The first kappa shape index (κ1) is 40.5. The van der Waals surface area contributed by atoms with Crippen LogP contribution >= 0.6 is 0 Å². The van der Waals surface area contributed by atoms with E-state index in [0.29, 0.717) is 17.9 Å². The number of rotatable bonds is 7. The number of anilines is 2. The van der Waals surface area contributed by atoms with Gasteiger partial charge in [-0.3, -0.25) is 4.79 Å². The number of imidazole rings is 2. The summed E-state index contributed by atoms with van der Waals surface area (Å²) in [6.07, 6.45) is 19.0. The number of aromatic carboxylic acids is 1. The highest BCUT2D eigenvalue weighted by Crippen LogP contribution is 2.23. The zero-order valence-electron chi connectivity index (χ0n) is 31.1. The Morgan fingerprint density at radius 1 is 0.683 bits per heavy atom. The number of halogens is 2. The smallest absolute Gasteiger partial charge is 0.375 e. The molecule has 2 aromatic carbocycles. The van der Waals surface area contributed by atoms with Gasteiger partial charge in [0.1, 0.15) is 24.3 Å². The zero-order chi connectivity index (χ0) is 40.9. The Bertz CT molecular complexity index is 2730. The van der Waals surface area contributed by atoms with E-state index in [2.05, 4.69) is 55.2 Å². The minimum absolute atomic E-state index is 0. The van der Waals surface area contributed by atoms with Crippen LogP contribution in [0, 0.1) is 11.6 Å². The van der Waals surface area contributed by atoms with Crippen molar-refractivity contribution in [3.63, 3.8) is 0 Å². The molecule has 0 saturated carbocycles. The topological polar surface area (TPSA) is 221 Å². The quantitative estimate of drug-likeness (QED) is 0.210. The number of aromatic nitrogens is 12. The fourth-order valence-corrected chi connectivity index (χ4v) is 6.64. The number of nitrogens with one attached hydrogen (secondary N) is 1. The molecule has 2 aliphatic heterocycles. The van der Waals surface area contributed by atoms with E-state index in [1.54, 1.807) is 43.0 Å². The van der Waals surface area contributed by atoms with Crippen molar-refractivity contribution < 1.29 is 23.5 Å². The van der Waals surface area contributed by atoms with Gasteiger partial charge in [0.15, 0.2) is 22.9 Å². The van der Waals surface area contributed by atoms with Gasteiger partial charge in [-0.2, -0.15) is 0 Å². The molecule has 8 aromatic rings. The highest BCUT2D eigenvalue weighted by atomic mass is 19.1. The van der Waals surface area contributed by atoms with Gasteiger partial charge >= 0.3 is 5.97 Å². The molecule has 2 fully saturated rings. The molecule has 2 atom stereocenters. The van der Waals surface area contributed by atoms with Gasteiger partial charge in [-0.1, -0.05) is 19.6 Å². The van der Waals surface area contributed by atoms with Gasteiger partial charge in [0.25, 0.3) is 11.7 Å². The lowest BCUT2D eigenvalue weighted by molar-refractivity contribution is 0.0683. The highest BCUT2D eigenvalue weighted by Gasteiger charge is 2.28. The third-order valence-electron chi connectivity index (χ3n) is 9.46. The standard InChI is InChI=1S/C19H17FN8O.C10H13N5.C9H6FN3O2.CH4/c20-13-2-1-3-15(10-13)28-12-23-16(25-28)19(29)24-14-4-7-27(11-14)18-17-21-5-8-26(17)9-6-22-18;11-8-1-4-15(7-8)10-9-12-2-5-14(9)6-3-13-10;10-6-2-1-3-7(4-6)13-5-11-8(12-13)9(14)15;/h1-3,5-6,8-10,12,14H,4,7,11H2,(H,24,29);2-3,5-6,8H,1,4,7,11H2;1-5H,(H,14,15);1H4/t;8-;;/m.0../s1. The summed E-state index contributed by atoms with van der Waals surface area (Å²) in [6.45, 7) is 3.23. The lowest BCUT2D eigenvalue weighted by atomic mass is 10.2. The predicted molar refractivity (Wildman–Crippen MR) is 215 cm³/mol. The molecule has 4 N–H and O–H groups in total. The van der Waals surface area contributed by atoms with Crippen LogP contribution < -0.4 is 20.9 Å². The molecule has 1 amide bonds. The number of nitrogens with two attached hydrogens (primary N) is 1. The summed E-state index contributed by atoms with van der Waals surface area (Å²) in [6, 6.07) is 11.8. The summed E-state index contributed by atoms with van der Waals surface area (Å²) in [5, 5.41) is 19.4. The van der Waals surface area contributed by atoms with E-state index in [1.165, 1.54) is 52.4 Å². The van der Waals surface area contributed by atoms with Crippen LogP contribution in [-0.4, -0.2) is 114 Å². The van der Waals surface area contributed by atoms with Crippen molar-refractivity contribution >= 4 is 34.8 Å². The van der Waals surface area contributed by atoms with Crippen molar-refractivity contribution in [3.8, 4) is 11.4 Å². The van der Waals surface area contributed by atoms with Gasteiger partial charge in [0, 0.05) is 87.8 Å². The fraction of sp³-hybridized carbons (Fsp3) is 0.231. The van der Waals surface area contributed by atoms with E-state index in [1.807, 2.05) is 33.6 Å². The van der Waals surface area contributed by atoms with Crippen molar-refractivity contribution in [2.45, 2.75) is 32.4 Å². The normalized spacial score (nSPS) is 15.8. The van der Waals surface area contributed by atoms with E-state index in [-0.39, 0.29) is 42.9 Å². The van der Waals surface area contributed by atoms with Gasteiger partial charge in [0.2, 0.25) is 5.82 Å². The molecule has 0 radical (unpaired) electrons. The number of carbonyl (C=O) groups is 2. The predicted octanol–water partition coefficient (Wildman–Crippen LogP) is 3.47. The number of nitrogens with zero attached hydrogens (tertiary/aromatic N) is 14. The molecule has 308 valence electrons. The number of carboxylic acid groups (broad SMARTS) is 1. The molecular formula is C39H40F2N16O3. The number of fused-ring (bicyclic) bond motifs is 2. The van der Waals surface area contributed by atoms with Gasteiger partial charge in [-0.25, -0.2) is 52.8 Å². The van der Waals surface area contributed by atoms with E-state index in [0.717, 1.165) is 55.4 Å².